The lowest BCUT2D eigenvalue weighted by Gasteiger charge is -2.36. The molecule has 1 N–H and O–H groups in total. The van der Waals surface area contributed by atoms with Gasteiger partial charge in [-0.05, 0) is 43.2 Å². The Bertz CT molecular complexity index is 380. The smallest absolute Gasteiger partial charge is 0.126 e. The summed E-state index contributed by atoms with van der Waals surface area (Å²) < 4.78 is 13.6. The van der Waals surface area contributed by atoms with E-state index in [2.05, 4.69) is 6.92 Å². The third kappa shape index (κ3) is 3.32. The van der Waals surface area contributed by atoms with Gasteiger partial charge in [0.15, 0.2) is 0 Å². The summed E-state index contributed by atoms with van der Waals surface area (Å²) in [7, 11) is 0. The second-order valence-electron chi connectivity index (χ2n) is 5.72. The molecule has 1 aliphatic rings. The highest BCUT2D eigenvalue weighted by Crippen LogP contribution is 2.36. The first-order valence-electron chi connectivity index (χ1n) is 7.09. The third-order valence-electron chi connectivity index (χ3n) is 4.21. The number of rotatable bonds is 4. The van der Waals surface area contributed by atoms with Crippen LogP contribution in [-0.4, -0.2) is 10.7 Å². The fourth-order valence-electron chi connectivity index (χ4n) is 3.08. The van der Waals surface area contributed by atoms with Gasteiger partial charge in [-0.3, -0.25) is 0 Å². The Morgan fingerprint density at radius 3 is 2.56 bits per heavy atom. The maximum atomic E-state index is 13.6. The Morgan fingerprint density at radius 1 is 1.28 bits per heavy atom. The number of hydrogen-bond acceptors (Lipinski definition) is 1. The predicted octanol–water partition coefficient (Wildman–Crippen LogP) is 4.09. The van der Waals surface area contributed by atoms with Gasteiger partial charge in [-0.1, -0.05) is 38.0 Å². The fraction of sp³-hybridized carbons (Fsp3) is 0.625. The van der Waals surface area contributed by atoms with Crippen molar-refractivity contribution >= 4 is 0 Å². The lowest BCUT2D eigenvalue weighted by Crippen LogP contribution is -2.36. The van der Waals surface area contributed by atoms with Gasteiger partial charge in [0, 0.05) is 6.42 Å². The molecule has 0 aliphatic heterocycles. The summed E-state index contributed by atoms with van der Waals surface area (Å²) >= 11 is 0. The molecule has 0 saturated heterocycles. The Kier molecular flexibility index (Phi) is 4.39. The first-order valence-corrected chi connectivity index (χ1v) is 7.09. The van der Waals surface area contributed by atoms with Crippen molar-refractivity contribution in [2.75, 3.05) is 0 Å². The van der Waals surface area contributed by atoms with Crippen LogP contribution in [0.1, 0.15) is 51.0 Å². The molecule has 0 atom stereocenters. The molecule has 0 spiro atoms. The van der Waals surface area contributed by atoms with Crippen LogP contribution in [-0.2, 0) is 6.42 Å². The molecule has 0 heterocycles. The van der Waals surface area contributed by atoms with Gasteiger partial charge in [0.1, 0.15) is 5.82 Å². The van der Waals surface area contributed by atoms with Crippen LogP contribution in [0.15, 0.2) is 24.3 Å². The minimum Gasteiger partial charge on any atom is -0.390 e. The van der Waals surface area contributed by atoms with Gasteiger partial charge in [-0.25, -0.2) is 4.39 Å². The summed E-state index contributed by atoms with van der Waals surface area (Å²) in [4.78, 5) is 0. The van der Waals surface area contributed by atoms with Crippen molar-refractivity contribution in [3.8, 4) is 0 Å². The fourth-order valence-corrected chi connectivity index (χ4v) is 3.08. The van der Waals surface area contributed by atoms with Gasteiger partial charge < -0.3 is 5.11 Å². The molecule has 0 amide bonds. The van der Waals surface area contributed by atoms with Crippen molar-refractivity contribution in [2.45, 2.75) is 57.5 Å². The monoisotopic (exact) mass is 250 g/mol. The van der Waals surface area contributed by atoms with E-state index in [4.69, 9.17) is 0 Å². The number of aliphatic hydroxyl groups is 1. The van der Waals surface area contributed by atoms with Gasteiger partial charge in [-0.15, -0.1) is 0 Å². The van der Waals surface area contributed by atoms with Crippen LogP contribution < -0.4 is 0 Å². The van der Waals surface area contributed by atoms with Crippen LogP contribution in [0.2, 0.25) is 0 Å². The molecule has 2 rings (SSSR count). The molecule has 18 heavy (non-hydrogen) atoms. The Balaban J connectivity index is 1.96. The van der Waals surface area contributed by atoms with E-state index in [1.807, 2.05) is 6.07 Å². The van der Waals surface area contributed by atoms with Crippen LogP contribution >= 0.6 is 0 Å². The molecule has 2 heteroatoms. The first-order chi connectivity index (χ1) is 8.63. The molecule has 0 radical (unpaired) electrons. The molecule has 1 nitrogen and oxygen atoms in total. The van der Waals surface area contributed by atoms with Gasteiger partial charge in [-0.2, -0.15) is 0 Å². The third-order valence-corrected chi connectivity index (χ3v) is 4.21. The zero-order valence-corrected chi connectivity index (χ0v) is 11.2. The summed E-state index contributed by atoms with van der Waals surface area (Å²) in [5, 5.41) is 10.6. The summed E-state index contributed by atoms with van der Waals surface area (Å²) in [5.41, 5.74) is -0.0409. The molecule has 0 aromatic heterocycles. The average Bonchev–Trinajstić information content (AvgIpc) is 2.36. The highest BCUT2D eigenvalue weighted by Gasteiger charge is 2.33. The molecule has 1 aromatic rings. The Hall–Kier alpha value is -0.890. The van der Waals surface area contributed by atoms with E-state index in [0.29, 0.717) is 12.0 Å². The lowest BCUT2D eigenvalue weighted by molar-refractivity contribution is -0.0105. The van der Waals surface area contributed by atoms with E-state index >= 15 is 0 Å². The van der Waals surface area contributed by atoms with Crippen LogP contribution in [0.4, 0.5) is 4.39 Å². The van der Waals surface area contributed by atoms with E-state index in [9.17, 15) is 9.50 Å². The minimum atomic E-state index is -0.688. The van der Waals surface area contributed by atoms with E-state index in [1.165, 1.54) is 18.9 Å². The summed E-state index contributed by atoms with van der Waals surface area (Å²) in [6.07, 6.45) is 6.72. The standard InChI is InChI=1S/C16H23FO/c1-2-5-13-8-10-16(18,11-9-13)12-14-6-3-4-7-15(14)17/h3-4,6-7,13,18H,2,5,8-12H2,1H3. The average molecular weight is 250 g/mol. The van der Waals surface area contributed by atoms with E-state index < -0.39 is 5.60 Å². The number of benzene rings is 1. The summed E-state index contributed by atoms with van der Waals surface area (Å²) in [6, 6.07) is 6.79. The summed E-state index contributed by atoms with van der Waals surface area (Å²) in [6.45, 7) is 2.21. The Morgan fingerprint density at radius 2 is 1.94 bits per heavy atom. The second kappa shape index (κ2) is 5.83. The zero-order chi connectivity index (χ0) is 13.0. The number of hydrogen-bond donors (Lipinski definition) is 1. The lowest BCUT2D eigenvalue weighted by atomic mass is 9.74. The normalized spacial score (nSPS) is 28.3. The van der Waals surface area contributed by atoms with Crippen molar-refractivity contribution in [3.63, 3.8) is 0 Å². The van der Waals surface area contributed by atoms with Crippen molar-refractivity contribution in [3.05, 3.63) is 35.6 Å². The van der Waals surface area contributed by atoms with Gasteiger partial charge >= 0.3 is 0 Å². The van der Waals surface area contributed by atoms with Gasteiger partial charge in [0.25, 0.3) is 0 Å². The second-order valence-corrected chi connectivity index (χ2v) is 5.72. The molecule has 1 aliphatic carbocycles. The van der Waals surface area contributed by atoms with E-state index in [0.717, 1.165) is 31.6 Å². The molecule has 1 aromatic carbocycles. The molecule has 100 valence electrons. The van der Waals surface area contributed by atoms with Crippen LogP contribution in [0.5, 0.6) is 0 Å². The number of halogens is 1. The molecule has 1 fully saturated rings. The molecule has 1 saturated carbocycles. The van der Waals surface area contributed by atoms with E-state index in [-0.39, 0.29) is 5.82 Å². The molecular formula is C16H23FO. The molecule has 0 bridgehead atoms. The maximum Gasteiger partial charge on any atom is 0.126 e. The van der Waals surface area contributed by atoms with Crippen molar-refractivity contribution in [2.24, 2.45) is 5.92 Å². The molecule has 0 unspecified atom stereocenters. The van der Waals surface area contributed by atoms with Gasteiger partial charge in [0.05, 0.1) is 5.60 Å². The van der Waals surface area contributed by atoms with E-state index in [1.54, 1.807) is 12.1 Å². The maximum absolute atomic E-state index is 13.6. The molecular weight excluding hydrogens is 227 g/mol. The largest absolute Gasteiger partial charge is 0.390 e. The summed E-state index contributed by atoms with van der Waals surface area (Å²) in [5.74, 6) is 0.567. The van der Waals surface area contributed by atoms with Crippen molar-refractivity contribution < 1.29 is 9.50 Å². The SMILES string of the molecule is CCCC1CCC(O)(Cc2ccccc2F)CC1. The zero-order valence-electron chi connectivity index (χ0n) is 11.2. The quantitative estimate of drug-likeness (QED) is 0.853. The van der Waals surface area contributed by atoms with Gasteiger partial charge in [0.2, 0.25) is 0 Å². The Labute approximate surface area is 109 Å². The minimum absolute atomic E-state index is 0.193. The van der Waals surface area contributed by atoms with Crippen LogP contribution in [0.25, 0.3) is 0 Å². The first kappa shape index (κ1) is 13.5. The van der Waals surface area contributed by atoms with Crippen molar-refractivity contribution in [1.29, 1.82) is 0 Å². The topological polar surface area (TPSA) is 20.2 Å². The van der Waals surface area contributed by atoms with Crippen LogP contribution in [0, 0.1) is 11.7 Å². The van der Waals surface area contributed by atoms with Crippen LogP contribution in [0.3, 0.4) is 0 Å². The predicted molar refractivity (Wildman–Crippen MR) is 71.9 cm³/mol. The van der Waals surface area contributed by atoms with Crippen molar-refractivity contribution in [1.82, 2.24) is 0 Å². The highest BCUT2D eigenvalue weighted by atomic mass is 19.1. The highest BCUT2D eigenvalue weighted by molar-refractivity contribution is 5.19.